The second-order valence-corrected chi connectivity index (χ2v) is 5.11. The van der Waals surface area contributed by atoms with E-state index in [-0.39, 0.29) is 6.03 Å². The highest BCUT2D eigenvalue weighted by atomic mass is 16.2. The number of nitrogens with two attached hydrogens (primary N) is 1. The molecule has 2 rings (SSSR count). The van der Waals surface area contributed by atoms with Crippen LogP contribution in [-0.2, 0) is 0 Å². The van der Waals surface area contributed by atoms with Crippen molar-refractivity contribution in [1.29, 1.82) is 0 Å². The van der Waals surface area contributed by atoms with Gasteiger partial charge in [-0.1, -0.05) is 0 Å². The summed E-state index contributed by atoms with van der Waals surface area (Å²) in [7, 11) is 3.62. The van der Waals surface area contributed by atoms with E-state index in [0.29, 0.717) is 12.1 Å². The van der Waals surface area contributed by atoms with Crippen LogP contribution in [0.4, 0.5) is 4.79 Å². The number of carbonyl (C=O) groups is 1. The first-order valence-electron chi connectivity index (χ1n) is 6.04. The zero-order valence-corrected chi connectivity index (χ0v) is 10.2. The summed E-state index contributed by atoms with van der Waals surface area (Å²) in [5.41, 5.74) is 5.78. The molecule has 2 amide bonds. The highest BCUT2D eigenvalue weighted by Crippen LogP contribution is 2.21. The molecule has 2 heterocycles. The molecule has 92 valence electrons. The van der Waals surface area contributed by atoms with Gasteiger partial charge in [0.25, 0.3) is 0 Å². The number of carbonyl (C=O) groups excluding carboxylic acids is 1. The molecule has 0 aliphatic carbocycles. The maximum atomic E-state index is 11.7. The number of nitrogens with zero attached hydrogens (tertiary/aromatic N) is 3. The zero-order chi connectivity index (χ0) is 11.7. The van der Waals surface area contributed by atoms with E-state index in [2.05, 4.69) is 4.90 Å². The number of rotatable bonds is 1. The van der Waals surface area contributed by atoms with Crippen molar-refractivity contribution in [3.63, 3.8) is 0 Å². The number of urea groups is 1. The van der Waals surface area contributed by atoms with Gasteiger partial charge in [0.2, 0.25) is 0 Å². The minimum atomic E-state index is 0.138. The van der Waals surface area contributed by atoms with E-state index in [9.17, 15) is 4.79 Å². The van der Waals surface area contributed by atoms with Gasteiger partial charge in [-0.25, -0.2) is 4.79 Å². The van der Waals surface area contributed by atoms with Gasteiger partial charge < -0.3 is 15.5 Å². The fraction of sp³-hybridized carbons (Fsp3) is 0.909. The van der Waals surface area contributed by atoms with Crippen molar-refractivity contribution in [2.24, 2.45) is 5.73 Å². The van der Waals surface area contributed by atoms with Crippen LogP contribution in [0.25, 0.3) is 0 Å². The molecule has 0 radical (unpaired) electrons. The van der Waals surface area contributed by atoms with Crippen LogP contribution >= 0.6 is 0 Å². The maximum absolute atomic E-state index is 11.7. The standard InChI is InChI=1S/C11H22N4O/c1-13(2)11(16)14-5-3-10(4-6-14)15-7-9(12)8-15/h9-10H,3-8,12H2,1-2H3. The predicted octanol–water partition coefficient (Wildman–Crippen LogP) is -0.225. The third kappa shape index (κ3) is 2.30. The highest BCUT2D eigenvalue weighted by Gasteiger charge is 2.33. The lowest BCUT2D eigenvalue weighted by Gasteiger charge is -2.46. The van der Waals surface area contributed by atoms with Crippen molar-refractivity contribution < 1.29 is 4.79 Å². The summed E-state index contributed by atoms with van der Waals surface area (Å²) >= 11 is 0. The molecule has 2 aliphatic heterocycles. The largest absolute Gasteiger partial charge is 0.331 e. The number of amides is 2. The Kier molecular flexibility index (Phi) is 3.35. The first-order valence-corrected chi connectivity index (χ1v) is 6.04. The second kappa shape index (κ2) is 4.59. The summed E-state index contributed by atoms with van der Waals surface area (Å²) in [6, 6.07) is 1.16. The molecule has 0 aromatic heterocycles. The Morgan fingerprint density at radius 2 is 1.81 bits per heavy atom. The summed E-state index contributed by atoms with van der Waals surface area (Å²) < 4.78 is 0. The lowest BCUT2D eigenvalue weighted by atomic mass is 9.98. The van der Waals surface area contributed by atoms with Crippen LogP contribution in [0.1, 0.15) is 12.8 Å². The van der Waals surface area contributed by atoms with Gasteiger partial charge in [-0.15, -0.1) is 0 Å². The Balaban J connectivity index is 1.76. The molecule has 2 fully saturated rings. The Labute approximate surface area is 97.2 Å². The predicted molar refractivity (Wildman–Crippen MR) is 63.2 cm³/mol. The van der Waals surface area contributed by atoms with Crippen LogP contribution in [0, 0.1) is 0 Å². The average molecular weight is 226 g/mol. The fourth-order valence-electron chi connectivity index (χ4n) is 2.55. The molecule has 16 heavy (non-hydrogen) atoms. The summed E-state index contributed by atoms with van der Waals surface area (Å²) in [5.74, 6) is 0. The van der Waals surface area contributed by atoms with Gasteiger partial charge in [-0.05, 0) is 12.8 Å². The highest BCUT2D eigenvalue weighted by molar-refractivity contribution is 5.73. The van der Waals surface area contributed by atoms with Crippen molar-refractivity contribution in [2.75, 3.05) is 40.3 Å². The molecule has 2 saturated heterocycles. The SMILES string of the molecule is CN(C)C(=O)N1CCC(N2CC(N)C2)CC1. The quantitative estimate of drug-likeness (QED) is 0.672. The Hall–Kier alpha value is -0.810. The van der Waals surface area contributed by atoms with E-state index in [1.807, 2.05) is 19.0 Å². The Morgan fingerprint density at radius 1 is 1.25 bits per heavy atom. The number of hydrogen-bond acceptors (Lipinski definition) is 3. The minimum Gasteiger partial charge on any atom is -0.331 e. The Bertz CT molecular complexity index is 255. The van der Waals surface area contributed by atoms with Gasteiger partial charge in [0.1, 0.15) is 0 Å². The number of piperidine rings is 1. The van der Waals surface area contributed by atoms with E-state index in [0.717, 1.165) is 39.0 Å². The van der Waals surface area contributed by atoms with Crippen LogP contribution < -0.4 is 5.73 Å². The topological polar surface area (TPSA) is 52.8 Å². The van der Waals surface area contributed by atoms with Crippen LogP contribution in [0.2, 0.25) is 0 Å². The molecule has 5 heteroatoms. The summed E-state index contributed by atoms with van der Waals surface area (Å²) in [6.07, 6.45) is 2.18. The van der Waals surface area contributed by atoms with Crippen LogP contribution in [0.3, 0.4) is 0 Å². The molecule has 2 aliphatic rings. The van der Waals surface area contributed by atoms with E-state index >= 15 is 0 Å². The molecule has 0 bridgehead atoms. The van der Waals surface area contributed by atoms with Crippen molar-refractivity contribution in [1.82, 2.24) is 14.7 Å². The van der Waals surface area contributed by atoms with Gasteiger partial charge >= 0.3 is 6.03 Å². The second-order valence-electron chi connectivity index (χ2n) is 5.11. The van der Waals surface area contributed by atoms with Crippen LogP contribution in [0.15, 0.2) is 0 Å². The molecule has 0 spiro atoms. The van der Waals surface area contributed by atoms with Crippen molar-refractivity contribution >= 4 is 6.03 Å². The van der Waals surface area contributed by atoms with Crippen molar-refractivity contribution in [2.45, 2.75) is 24.9 Å². The molecule has 2 N–H and O–H groups in total. The van der Waals surface area contributed by atoms with E-state index in [1.165, 1.54) is 0 Å². The van der Waals surface area contributed by atoms with Crippen LogP contribution in [-0.4, -0.2) is 73.1 Å². The molecule has 0 saturated carbocycles. The Morgan fingerprint density at radius 3 is 2.25 bits per heavy atom. The van der Waals surface area contributed by atoms with Gasteiger partial charge in [-0.3, -0.25) is 4.90 Å². The summed E-state index contributed by atoms with van der Waals surface area (Å²) in [6.45, 7) is 3.83. The van der Waals surface area contributed by atoms with Gasteiger partial charge in [0.15, 0.2) is 0 Å². The molecule has 0 aromatic rings. The molecule has 0 atom stereocenters. The molecule has 0 aromatic carbocycles. The smallest absolute Gasteiger partial charge is 0.319 e. The molecular formula is C11H22N4O. The number of hydrogen-bond donors (Lipinski definition) is 1. The van der Waals surface area contributed by atoms with Crippen molar-refractivity contribution in [3.05, 3.63) is 0 Å². The molecular weight excluding hydrogens is 204 g/mol. The lowest BCUT2D eigenvalue weighted by Crippen LogP contribution is -2.61. The number of likely N-dealkylation sites (tertiary alicyclic amines) is 2. The first-order chi connectivity index (χ1) is 7.58. The third-order valence-corrected chi connectivity index (χ3v) is 3.57. The minimum absolute atomic E-state index is 0.138. The summed E-state index contributed by atoms with van der Waals surface area (Å²) in [4.78, 5) is 17.8. The lowest BCUT2D eigenvalue weighted by molar-refractivity contribution is 0.0529. The van der Waals surface area contributed by atoms with E-state index in [1.54, 1.807) is 4.90 Å². The van der Waals surface area contributed by atoms with Crippen molar-refractivity contribution in [3.8, 4) is 0 Å². The normalized spacial score (nSPS) is 24.3. The summed E-state index contributed by atoms with van der Waals surface area (Å²) in [5, 5.41) is 0. The first kappa shape index (κ1) is 11.7. The van der Waals surface area contributed by atoms with Gasteiger partial charge in [0, 0.05) is 52.4 Å². The van der Waals surface area contributed by atoms with Gasteiger partial charge in [-0.2, -0.15) is 0 Å². The van der Waals surface area contributed by atoms with Crippen LogP contribution in [0.5, 0.6) is 0 Å². The molecule has 0 unspecified atom stereocenters. The average Bonchev–Trinajstić information content (AvgIpc) is 2.24. The monoisotopic (exact) mass is 226 g/mol. The molecule has 5 nitrogen and oxygen atoms in total. The van der Waals surface area contributed by atoms with Gasteiger partial charge in [0.05, 0.1) is 0 Å². The van der Waals surface area contributed by atoms with E-state index < -0.39 is 0 Å². The van der Waals surface area contributed by atoms with E-state index in [4.69, 9.17) is 5.73 Å². The third-order valence-electron chi connectivity index (χ3n) is 3.57. The maximum Gasteiger partial charge on any atom is 0.319 e. The zero-order valence-electron chi connectivity index (χ0n) is 10.2. The fourth-order valence-corrected chi connectivity index (χ4v) is 2.55.